The van der Waals surface area contributed by atoms with Crippen LogP contribution in [0.1, 0.15) is 24.2 Å². The second-order valence-electron chi connectivity index (χ2n) is 4.22. The van der Waals surface area contributed by atoms with Crippen LogP contribution in [0.5, 0.6) is 0 Å². The van der Waals surface area contributed by atoms with E-state index in [4.69, 9.17) is 5.73 Å². The normalized spacial score (nSPS) is 12.2. The molecule has 1 aromatic carbocycles. The lowest BCUT2D eigenvalue weighted by Crippen LogP contribution is -2.14. The van der Waals surface area contributed by atoms with Crippen molar-refractivity contribution in [3.63, 3.8) is 0 Å². The molecule has 0 saturated carbocycles. The maximum absolute atomic E-state index is 12.7. The van der Waals surface area contributed by atoms with E-state index in [0.717, 1.165) is 11.3 Å². The molecule has 19 heavy (non-hydrogen) atoms. The number of benzene rings is 1. The Hall–Kier alpha value is -1.79. The van der Waals surface area contributed by atoms with Crippen molar-refractivity contribution >= 4 is 22.4 Å². The quantitative estimate of drug-likeness (QED) is 0.903. The van der Waals surface area contributed by atoms with Crippen LogP contribution in [0, 0.1) is 5.82 Å². The van der Waals surface area contributed by atoms with Gasteiger partial charge in [-0.15, -0.1) is 11.3 Å². The minimum atomic E-state index is -0.314. The van der Waals surface area contributed by atoms with Gasteiger partial charge >= 0.3 is 0 Å². The average Bonchev–Trinajstić information content (AvgIpc) is 2.80. The maximum atomic E-state index is 12.7. The van der Waals surface area contributed by atoms with Crippen LogP contribution in [0.2, 0.25) is 0 Å². The minimum absolute atomic E-state index is 0.154. The van der Waals surface area contributed by atoms with Crippen molar-refractivity contribution in [1.82, 2.24) is 4.98 Å². The van der Waals surface area contributed by atoms with Gasteiger partial charge in [0.05, 0.1) is 12.1 Å². The summed E-state index contributed by atoms with van der Waals surface area (Å²) < 4.78 is 12.7. The zero-order chi connectivity index (χ0) is 13.8. The lowest BCUT2D eigenvalue weighted by molar-refractivity contribution is -0.115. The molecule has 2 rings (SSSR count). The number of hydrogen-bond acceptors (Lipinski definition) is 4. The molecule has 4 nitrogen and oxygen atoms in total. The third-order valence-corrected chi connectivity index (χ3v) is 3.29. The monoisotopic (exact) mass is 279 g/mol. The first-order valence-electron chi connectivity index (χ1n) is 5.80. The molecule has 3 N–H and O–H groups in total. The van der Waals surface area contributed by atoms with Crippen molar-refractivity contribution in [3.8, 4) is 0 Å². The van der Waals surface area contributed by atoms with Crippen LogP contribution in [0.25, 0.3) is 0 Å². The Morgan fingerprint density at radius 3 is 2.74 bits per heavy atom. The van der Waals surface area contributed by atoms with Crippen LogP contribution < -0.4 is 11.1 Å². The smallest absolute Gasteiger partial charge is 0.230 e. The summed E-state index contributed by atoms with van der Waals surface area (Å²) in [5.41, 5.74) is 7.20. The van der Waals surface area contributed by atoms with Gasteiger partial charge in [0.1, 0.15) is 5.82 Å². The number of rotatable bonds is 4. The molecule has 0 saturated heterocycles. The molecule has 100 valence electrons. The highest BCUT2D eigenvalue weighted by atomic mass is 32.1. The number of halogens is 1. The zero-order valence-corrected chi connectivity index (χ0v) is 11.2. The molecule has 1 unspecified atom stereocenters. The molecule has 1 amide bonds. The number of nitrogens with zero attached hydrogens (tertiary/aromatic N) is 1. The predicted molar refractivity (Wildman–Crippen MR) is 73.5 cm³/mol. The molecule has 0 aliphatic carbocycles. The summed E-state index contributed by atoms with van der Waals surface area (Å²) in [5.74, 6) is -0.497. The first-order valence-corrected chi connectivity index (χ1v) is 6.68. The standard InChI is InChI=1S/C13H14FN3OS/c1-8(15)11-7-19-13(16-11)17-12(18)6-9-2-4-10(14)5-3-9/h2-5,7-8H,6,15H2,1H3,(H,16,17,18). The van der Waals surface area contributed by atoms with Crippen molar-refractivity contribution < 1.29 is 9.18 Å². The molecule has 0 bridgehead atoms. The van der Waals surface area contributed by atoms with E-state index in [2.05, 4.69) is 10.3 Å². The van der Waals surface area contributed by atoms with Crippen molar-refractivity contribution in [3.05, 3.63) is 46.7 Å². The van der Waals surface area contributed by atoms with Crippen LogP contribution in [0.4, 0.5) is 9.52 Å². The van der Waals surface area contributed by atoms with E-state index in [0.29, 0.717) is 5.13 Å². The van der Waals surface area contributed by atoms with Gasteiger partial charge in [-0.3, -0.25) is 4.79 Å². The highest BCUT2D eigenvalue weighted by Gasteiger charge is 2.09. The molecule has 6 heteroatoms. The van der Waals surface area contributed by atoms with E-state index < -0.39 is 0 Å². The number of carbonyl (C=O) groups excluding carboxylic acids is 1. The third-order valence-electron chi connectivity index (χ3n) is 2.51. The Kier molecular flexibility index (Phi) is 4.24. The van der Waals surface area contributed by atoms with Gasteiger partial charge < -0.3 is 11.1 Å². The summed E-state index contributed by atoms with van der Waals surface area (Å²) in [5, 5.41) is 5.04. The summed E-state index contributed by atoms with van der Waals surface area (Å²) in [6.07, 6.45) is 0.188. The number of aromatic nitrogens is 1. The van der Waals surface area contributed by atoms with Gasteiger partial charge in [0.25, 0.3) is 0 Å². The third kappa shape index (κ3) is 3.84. The molecule has 1 aromatic heterocycles. The van der Waals surface area contributed by atoms with Gasteiger partial charge in [-0.2, -0.15) is 0 Å². The Balaban J connectivity index is 1.95. The summed E-state index contributed by atoms with van der Waals surface area (Å²) in [6, 6.07) is 5.69. The van der Waals surface area contributed by atoms with Gasteiger partial charge in [-0.1, -0.05) is 12.1 Å². The van der Waals surface area contributed by atoms with Crippen LogP contribution in [0.15, 0.2) is 29.6 Å². The van der Waals surface area contributed by atoms with E-state index in [1.54, 1.807) is 12.1 Å². The SMILES string of the molecule is CC(N)c1csc(NC(=O)Cc2ccc(F)cc2)n1. The number of nitrogens with one attached hydrogen (secondary N) is 1. The second kappa shape index (κ2) is 5.90. The van der Waals surface area contributed by atoms with Gasteiger partial charge in [-0.05, 0) is 24.6 Å². The molecule has 2 aromatic rings. The molecule has 0 aliphatic heterocycles. The van der Waals surface area contributed by atoms with Crippen molar-refractivity contribution in [2.45, 2.75) is 19.4 Å². The lowest BCUT2D eigenvalue weighted by atomic mass is 10.1. The van der Waals surface area contributed by atoms with Crippen LogP contribution in [0.3, 0.4) is 0 Å². The Bertz CT molecular complexity index is 566. The zero-order valence-electron chi connectivity index (χ0n) is 10.4. The first-order chi connectivity index (χ1) is 9.04. The molecule has 0 radical (unpaired) electrons. The minimum Gasteiger partial charge on any atom is -0.323 e. The number of nitrogens with two attached hydrogens (primary N) is 1. The average molecular weight is 279 g/mol. The Morgan fingerprint density at radius 1 is 1.47 bits per heavy atom. The van der Waals surface area contributed by atoms with Gasteiger partial charge in [0.2, 0.25) is 5.91 Å². The molecule has 0 spiro atoms. The Morgan fingerprint density at radius 2 is 2.16 bits per heavy atom. The van der Waals surface area contributed by atoms with E-state index in [1.807, 2.05) is 12.3 Å². The number of carbonyl (C=O) groups is 1. The summed E-state index contributed by atoms with van der Waals surface area (Å²) in [7, 11) is 0. The summed E-state index contributed by atoms with van der Waals surface area (Å²) in [4.78, 5) is 16.0. The van der Waals surface area contributed by atoms with Crippen LogP contribution >= 0.6 is 11.3 Å². The number of hydrogen-bond donors (Lipinski definition) is 2. The molecular weight excluding hydrogens is 265 g/mol. The number of amides is 1. The summed E-state index contributed by atoms with van der Waals surface area (Å²) >= 11 is 1.34. The van der Waals surface area contributed by atoms with Crippen molar-refractivity contribution in [1.29, 1.82) is 0 Å². The van der Waals surface area contributed by atoms with E-state index in [1.165, 1.54) is 23.5 Å². The largest absolute Gasteiger partial charge is 0.323 e. The molecule has 1 atom stereocenters. The molecule has 0 aliphatic rings. The van der Waals surface area contributed by atoms with Crippen LogP contribution in [-0.2, 0) is 11.2 Å². The first kappa shape index (κ1) is 13.6. The van der Waals surface area contributed by atoms with Crippen LogP contribution in [-0.4, -0.2) is 10.9 Å². The summed E-state index contributed by atoms with van der Waals surface area (Å²) in [6.45, 7) is 1.83. The Labute approximate surface area is 114 Å². The van der Waals surface area contributed by atoms with E-state index in [9.17, 15) is 9.18 Å². The molecule has 0 fully saturated rings. The van der Waals surface area contributed by atoms with Crippen molar-refractivity contribution in [2.75, 3.05) is 5.32 Å². The highest BCUT2D eigenvalue weighted by molar-refractivity contribution is 7.13. The van der Waals surface area contributed by atoms with E-state index >= 15 is 0 Å². The topological polar surface area (TPSA) is 68.0 Å². The molecule has 1 heterocycles. The van der Waals surface area contributed by atoms with Gasteiger partial charge in [-0.25, -0.2) is 9.37 Å². The number of thiazole rings is 1. The maximum Gasteiger partial charge on any atom is 0.230 e. The fourth-order valence-corrected chi connectivity index (χ4v) is 2.33. The fraction of sp³-hybridized carbons (Fsp3) is 0.231. The highest BCUT2D eigenvalue weighted by Crippen LogP contribution is 2.19. The molecular formula is C13H14FN3OS. The van der Waals surface area contributed by atoms with Gasteiger partial charge in [0.15, 0.2) is 5.13 Å². The lowest BCUT2D eigenvalue weighted by Gasteiger charge is -2.02. The number of anilines is 1. The van der Waals surface area contributed by atoms with Gasteiger partial charge in [0, 0.05) is 11.4 Å². The van der Waals surface area contributed by atoms with Crippen molar-refractivity contribution in [2.24, 2.45) is 5.73 Å². The predicted octanol–water partition coefficient (Wildman–Crippen LogP) is 2.48. The second-order valence-corrected chi connectivity index (χ2v) is 5.08. The van der Waals surface area contributed by atoms with E-state index in [-0.39, 0.29) is 24.2 Å². The fourth-order valence-electron chi connectivity index (χ4n) is 1.50.